The van der Waals surface area contributed by atoms with Crippen LogP contribution in [0.5, 0.6) is 0 Å². The van der Waals surface area contributed by atoms with Crippen molar-refractivity contribution in [1.82, 2.24) is 4.98 Å². The fraction of sp³-hybridized carbons (Fsp3) is 0.143. The fourth-order valence-corrected chi connectivity index (χ4v) is 0.964. The molecule has 1 aromatic rings. The van der Waals surface area contributed by atoms with Crippen molar-refractivity contribution in [2.75, 3.05) is 0 Å². The number of alkyl halides is 2. The number of pyridine rings is 1. The van der Waals surface area contributed by atoms with Gasteiger partial charge in [-0.1, -0.05) is 11.6 Å². The van der Waals surface area contributed by atoms with Crippen molar-refractivity contribution in [2.24, 2.45) is 0 Å². The van der Waals surface area contributed by atoms with Crippen LogP contribution in [-0.2, 0) is 0 Å². The summed E-state index contributed by atoms with van der Waals surface area (Å²) in [5.41, 5.74) is -1.25. The smallest absolute Gasteiger partial charge is 0.217 e. The molecule has 0 unspecified atom stereocenters. The lowest BCUT2D eigenvalue weighted by Crippen LogP contribution is -1.97. The van der Waals surface area contributed by atoms with Crippen LogP contribution in [0.4, 0.5) is 13.2 Å². The Kier molecular flexibility index (Phi) is 2.73. The van der Waals surface area contributed by atoms with Gasteiger partial charge in [-0.25, -0.2) is 13.8 Å². The molecule has 0 spiro atoms. The zero-order valence-corrected chi connectivity index (χ0v) is 6.82. The number of halogens is 4. The molecule has 0 N–H and O–H groups in total. The molecule has 68 valence electrons. The molecule has 13 heavy (non-hydrogen) atoms. The van der Waals surface area contributed by atoms with Crippen LogP contribution in [0.1, 0.15) is 17.7 Å². The lowest BCUT2D eigenvalue weighted by atomic mass is 10.2. The van der Waals surface area contributed by atoms with Crippen LogP contribution in [0.3, 0.4) is 0 Å². The van der Waals surface area contributed by atoms with Crippen molar-refractivity contribution in [3.8, 4) is 6.07 Å². The highest BCUT2D eigenvalue weighted by atomic mass is 35.5. The van der Waals surface area contributed by atoms with E-state index in [4.69, 9.17) is 16.9 Å². The van der Waals surface area contributed by atoms with Gasteiger partial charge in [-0.3, -0.25) is 0 Å². The molecule has 0 aliphatic rings. The van der Waals surface area contributed by atoms with Crippen LogP contribution in [-0.4, -0.2) is 4.98 Å². The Bertz CT molecular complexity index is 373. The van der Waals surface area contributed by atoms with Gasteiger partial charge in [0.05, 0.1) is 10.6 Å². The summed E-state index contributed by atoms with van der Waals surface area (Å²) in [6.45, 7) is 0. The molecule has 0 radical (unpaired) electrons. The van der Waals surface area contributed by atoms with E-state index in [9.17, 15) is 13.2 Å². The third-order valence-corrected chi connectivity index (χ3v) is 1.68. The Morgan fingerprint density at radius 2 is 2.15 bits per heavy atom. The van der Waals surface area contributed by atoms with Gasteiger partial charge < -0.3 is 0 Å². The summed E-state index contributed by atoms with van der Waals surface area (Å²) in [4.78, 5) is 2.88. The minimum absolute atomic E-state index is 0.343. The molecule has 0 aromatic carbocycles. The number of aromatic nitrogens is 1. The zero-order chi connectivity index (χ0) is 10.0. The molecule has 0 aliphatic heterocycles. The van der Waals surface area contributed by atoms with Crippen LogP contribution >= 0.6 is 11.6 Å². The van der Waals surface area contributed by atoms with Crippen LogP contribution in [0.2, 0.25) is 5.02 Å². The van der Waals surface area contributed by atoms with Gasteiger partial charge in [0.25, 0.3) is 6.43 Å². The van der Waals surface area contributed by atoms with Crippen molar-refractivity contribution < 1.29 is 13.2 Å². The van der Waals surface area contributed by atoms with Crippen molar-refractivity contribution >= 4 is 11.6 Å². The van der Waals surface area contributed by atoms with Crippen LogP contribution in [0.15, 0.2) is 6.07 Å². The van der Waals surface area contributed by atoms with E-state index in [-0.39, 0.29) is 5.56 Å². The van der Waals surface area contributed by atoms with Gasteiger partial charge in [-0.2, -0.15) is 9.65 Å². The molecule has 0 amide bonds. The van der Waals surface area contributed by atoms with E-state index < -0.39 is 23.1 Å². The first-order valence-corrected chi connectivity index (χ1v) is 3.48. The van der Waals surface area contributed by atoms with E-state index in [0.717, 1.165) is 0 Å². The average molecular weight is 207 g/mol. The second-order valence-electron chi connectivity index (χ2n) is 2.10. The number of hydrogen-bond donors (Lipinski definition) is 0. The maximum absolute atomic E-state index is 12.5. The number of nitrogens with zero attached hydrogens (tertiary/aromatic N) is 2. The maximum Gasteiger partial charge on any atom is 0.281 e. The normalized spacial score (nSPS) is 10.2. The molecule has 0 saturated carbocycles. The van der Waals surface area contributed by atoms with Gasteiger partial charge in [0.2, 0.25) is 5.95 Å². The number of hydrogen-bond acceptors (Lipinski definition) is 2. The first-order valence-electron chi connectivity index (χ1n) is 3.10. The van der Waals surface area contributed by atoms with Crippen molar-refractivity contribution in [3.63, 3.8) is 0 Å². The lowest BCUT2D eigenvalue weighted by Gasteiger charge is -2.02. The molecule has 0 atom stereocenters. The minimum atomic E-state index is -2.99. The molecule has 2 nitrogen and oxygen atoms in total. The number of rotatable bonds is 1. The third kappa shape index (κ3) is 1.90. The van der Waals surface area contributed by atoms with Gasteiger partial charge in [0.1, 0.15) is 11.8 Å². The van der Waals surface area contributed by atoms with Gasteiger partial charge in [0, 0.05) is 6.07 Å². The lowest BCUT2D eigenvalue weighted by molar-refractivity contribution is 0.145. The fourth-order valence-electron chi connectivity index (χ4n) is 0.743. The molecular formula is C7H2ClF3N2. The van der Waals surface area contributed by atoms with E-state index in [1.807, 2.05) is 0 Å². The minimum Gasteiger partial charge on any atom is -0.217 e. The number of nitriles is 1. The first-order chi connectivity index (χ1) is 6.06. The highest BCUT2D eigenvalue weighted by Gasteiger charge is 2.18. The van der Waals surface area contributed by atoms with E-state index in [2.05, 4.69) is 4.98 Å². The first kappa shape index (κ1) is 9.81. The average Bonchev–Trinajstić information content (AvgIpc) is 2.08. The van der Waals surface area contributed by atoms with Crippen LogP contribution in [0.25, 0.3) is 0 Å². The SMILES string of the molecule is N#Cc1cc(F)nc(C(F)F)c1Cl. The second kappa shape index (κ2) is 3.62. The maximum atomic E-state index is 12.5. The Morgan fingerprint density at radius 1 is 1.54 bits per heavy atom. The summed E-state index contributed by atoms with van der Waals surface area (Å²) in [5, 5.41) is 7.87. The molecule has 1 aromatic heterocycles. The predicted octanol–water partition coefficient (Wildman–Crippen LogP) is 2.68. The van der Waals surface area contributed by atoms with Crippen molar-refractivity contribution in [1.29, 1.82) is 5.26 Å². The third-order valence-electron chi connectivity index (χ3n) is 1.28. The topological polar surface area (TPSA) is 36.7 Å². The summed E-state index contributed by atoms with van der Waals surface area (Å²) in [7, 11) is 0. The highest BCUT2D eigenvalue weighted by molar-refractivity contribution is 6.32. The summed E-state index contributed by atoms with van der Waals surface area (Å²) in [5.74, 6) is -1.14. The molecular weight excluding hydrogens is 205 g/mol. The molecule has 0 aliphatic carbocycles. The van der Waals surface area contributed by atoms with Crippen LogP contribution in [0, 0.1) is 17.3 Å². The zero-order valence-electron chi connectivity index (χ0n) is 6.06. The van der Waals surface area contributed by atoms with Gasteiger partial charge in [-0.15, -0.1) is 0 Å². The monoisotopic (exact) mass is 206 g/mol. The summed E-state index contributed by atoms with van der Waals surface area (Å²) in [6.07, 6.45) is -2.99. The molecule has 0 saturated heterocycles. The van der Waals surface area contributed by atoms with Gasteiger partial charge in [0.15, 0.2) is 0 Å². The summed E-state index contributed by atoms with van der Waals surface area (Å²) in [6, 6.07) is 2.19. The Balaban J connectivity index is 3.38. The van der Waals surface area contributed by atoms with E-state index in [1.54, 1.807) is 0 Å². The quantitative estimate of drug-likeness (QED) is 0.663. The largest absolute Gasteiger partial charge is 0.281 e. The van der Waals surface area contributed by atoms with Gasteiger partial charge in [-0.05, 0) is 0 Å². The van der Waals surface area contributed by atoms with Crippen LogP contribution < -0.4 is 0 Å². The molecule has 1 heterocycles. The molecule has 0 fully saturated rings. The predicted molar refractivity (Wildman–Crippen MR) is 38.9 cm³/mol. The van der Waals surface area contributed by atoms with Crippen molar-refractivity contribution in [2.45, 2.75) is 6.43 Å². The highest BCUT2D eigenvalue weighted by Crippen LogP contribution is 2.27. The summed E-state index contributed by atoms with van der Waals surface area (Å²) >= 11 is 5.34. The van der Waals surface area contributed by atoms with E-state index in [0.29, 0.717) is 6.07 Å². The standard InChI is InChI=1S/C7H2ClF3N2/c8-5-3(2-12)1-4(9)13-6(5)7(10)11/h1,7H. The molecule has 6 heteroatoms. The van der Waals surface area contributed by atoms with E-state index in [1.165, 1.54) is 6.07 Å². The Hall–Kier alpha value is -1.28. The summed E-state index contributed by atoms with van der Waals surface area (Å²) < 4.78 is 36.7. The Morgan fingerprint density at radius 3 is 2.62 bits per heavy atom. The second-order valence-corrected chi connectivity index (χ2v) is 2.48. The van der Waals surface area contributed by atoms with Crippen molar-refractivity contribution in [3.05, 3.63) is 28.3 Å². The van der Waals surface area contributed by atoms with E-state index >= 15 is 0 Å². The molecule has 0 bridgehead atoms. The van der Waals surface area contributed by atoms with Gasteiger partial charge >= 0.3 is 0 Å². The Labute approximate surface area is 76.6 Å². The molecule has 1 rings (SSSR count).